The van der Waals surface area contributed by atoms with Crippen LogP contribution in [0.5, 0.6) is 0 Å². The molecule has 0 aliphatic carbocycles. The van der Waals surface area contributed by atoms with Crippen LogP contribution < -0.4 is 0 Å². The maximum atomic E-state index is 2.34. The first-order valence-corrected chi connectivity index (χ1v) is 7.21. The molecule has 0 fully saturated rings. The molecule has 16 heavy (non-hydrogen) atoms. The molecule has 0 aliphatic heterocycles. The normalized spacial score (nSPS) is 11.9. The Hall–Kier alpha value is -0.520. The molecular formula is C16H30. The van der Waals surface area contributed by atoms with Gasteiger partial charge in [0.25, 0.3) is 0 Å². The van der Waals surface area contributed by atoms with Crippen molar-refractivity contribution in [2.75, 3.05) is 0 Å². The van der Waals surface area contributed by atoms with Crippen LogP contribution in [-0.2, 0) is 0 Å². The molecule has 0 rings (SSSR count). The fourth-order valence-corrected chi connectivity index (χ4v) is 1.77. The van der Waals surface area contributed by atoms with Crippen molar-refractivity contribution in [3.05, 3.63) is 24.3 Å². The van der Waals surface area contributed by atoms with Crippen LogP contribution in [0.4, 0.5) is 0 Å². The highest BCUT2D eigenvalue weighted by Gasteiger charge is 1.88. The maximum Gasteiger partial charge on any atom is -0.0169 e. The van der Waals surface area contributed by atoms with Gasteiger partial charge in [-0.1, -0.05) is 76.7 Å². The molecule has 0 radical (unpaired) electrons. The average Bonchev–Trinajstić information content (AvgIpc) is 2.31. The van der Waals surface area contributed by atoms with E-state index in [4.69, 9.17) is 0 Å². The van der Waals surface area contributed by atoms with Gasteiger partial charge in [-0.2, -0.15) is 0 Å². The molecule has 0 amide bonds. The predicted octanol–water partition coefficient (Wildman–Crippen LogP) is 6.04. The Kier molecular flexibility index (Phi) is 14.0. The van der Waals surface area contributed by atoms with Gasteiger partial charge < -0.3 is 0 Å². The first-order chi connectivity index (χ1) is 7.91. The van der Waals surface area contributed by atoms with E-state index in [1.807, 2.05) is 0 Å². The minimum absolute atomic E-state index is 1.12. The second-order valence-corrected chi connectivity index (χ2v) is 4.50. The highest BCUT2D eigenvalue weighted by atomic mass is 13.9. The average molecular weight is 222 g/mol. The van der Waals surface area contributed by atoms with Crippen LogP contribution in [0.25, 0.3) is 0 Å². The fourth-order valence-electron chi connectivity index (χ4n) is 1.77. The lowest BCUT2D eigenvalue weighted by Crippen LogP contribution is -1.78. The zero-order valence-electron chi connectivity index (χ0n) is 11.4. The van der Waals surface area contributed by atoms with Crippen molar-refractivity contribution in [3.63, 3.8) is 0 Å². The molecule has 0 aliphatic rings. The van der Waals surface area contributed by atoms with Gasteiger partial charge >= 0.3 is 0 Å². The Bertz CT molecular complexity index is 165. The molecule has 0 unspecified atom stereocenters. The van der Waals surface area contributed by atoms with Gasteiger partial charge in [-0.3, -0.25) is 0 Å². The number of unbranched alkanes of at least 4 members (excludes halogenated alkanes) is 7. The van der Waals surface area contributed by atoms with E-state index < -0.39 is 0 Å². The van der Waals surface area contributed by atoms with E-state index in [0.717, 1.165) is 12.8 Å². The molecule has 0 saturated carbocycles. The lowest BCUT2D eigenvalue weighted by Gasteiger charge is -1.98. The van der Waals surface area contributed by atoms with Gasteiger partial charge in [0.2, 0.25) is 0 Å². The van der Waals surface area contributed by atoms with E-state index >= 15 is 0 Å². The summed E-state index contributed by atoms with van der Waals surface area (Å²) < 4.78 is 0. The fraction of sp³-hybridized carbons (Fsp3) is 0.750. The third-order valence-electron chi connectivity index (χ3n) is 2.82. The Morgan fingerprint density at radius 1 is 0.625 bits per heavy atom. The van der Waals surface area contributed by atoms with Gasteiger partial charge in [0.1, 0.15) is 0 Å². The number of allylic oxidation sites excluding steroid dienone is 4. The Balaban J connectivity index is 3.05. The minimum atomic E-state index is 1.12. The van der Waals surface area contributed by atoms with Crippen molar-refractivity contribution in [1.29, 1.82) is 0 Å². The summed E-state index contributed by atoms with van der Waals surface area (Å²) in [6.45, 7) is 4.45. The zero-order valence-corrected chi connectivity index (χ0v) is 11.4. The van der Waals surface area contributed by atoms with Crippen LogP contribution >= 0.6 is 0 Å². The highest BCUT2D eigenvalue weighted by Crippen LogP contribution is 2.08. The molecule has 94 valence electrons. The first-order valence-electron chi connectivity index (χ1n) is 7.21. The topological polar surface area (TPSA) is 0 Å². The Morgan fingerprint density at radius 3 is 1.94 bits per heavy atom. The van der Waals surface area contributed by atoms with Crippen LogP contribution in [0.1, 0.15) is 78.1 Å². The molecule has 0 N–H and O–H groups in total. The van der Waals surface area contributed by atoms with E-state index in [-0.39, 0.29) is 0 Å². The summed E-state index contributed by atoms with van der Waals surface area (Å²) in [4.78, 5) is 0. The van der Waals surface area contributed by atoms with E-state index in [0.29, 0.717) is 0 Å². The summed E-state index contributed by atoms with van der Waals surface area (Å²) in [5.74, 6) is 0. The molecule has 0 aromatic carbocycles. The lowest BCUT2D eigenvalue weighted by atomic mass is 10.1. The summed E-state index contributed by atoms with van der Waals surface area (Å²) in [5, 5.41) is 0. The molecule has 0 saturated heterocycles. The molecule has 0 spiro atoms. The summed E-state index contributed by atoms with van der Waals surface area (Å²) >= 11 is 0. The third kappa shape index (κ3) is 13.5. The van der Waals surface area contributed by atoms with Crippen molar-refractivity contribution in [1.82, 2.24) is 0 Å². The monoisotopic (exact) mass is 222 g/mol. The van der Waals surface area contributed by atoms with Crippen LogP contribution in [0.3, 0.4) is 0 Å². The summed E-state index contributed by atoms with van der Waals surface area (Å²) in [5.41, 5.74) is 0. The van der Waals surface area contributed by atoms with Gasteiger partial charge in [-0.25, -0.2) is 0 Å². The molecule has 0 aromatic rings. The quantitative estimate of drug-likeness (QED) is 0.295. The van der Waals surface area contributed by atoms with Gasteiger partial charge in [0.15, 0.2) is 0 Å². The van der Waals surface area contributed by atoms with Crippen molar-refractivity contribution in [2.24, 2.45) is 0 Å². The number of rotatable bonds is 11. The van der Waals surface area contributed by atoms with Crippen molar-refractivity contribution in [2.45, 2.75) is 78.1 Å². The molecule has 0 aromatic heterocycles. The van der Waals surface area contributed by atoms with Gasteiger partial charge in [0.05, 0.1) is 0 Å². The van der Waals surface area contributed by atoms with E-state index in [1.165, 1.54) is 51.4 Å². The lowest BCUT2D eigenvalue weighted by molar-refractivity contribution is 0.592. The van der Waals surface area contributed by atoms with Crippen LogP contribution in [0, 0.1) is 0 Å². The van der Waals surface area contributed by atoms with Crippen molar-refractivity contribution < 1.29 is 0 Å². The van der Waals surface area contributed by atoms with Crippen LogP contribution in [0.15, 0.2) is 24.3 Å². The second-order valence-electron chi connectivity index (χ2n) is 4.50. The van der Waals surface area contributed by atoms with Crippen molar-refractivity contribution in [3.8, 4) is 0 Å². The summed E-state index contributed by atoms with van der Waals surface area (Å²) in [6, 6.07) is 0. The third-order valence-corrected chi connectivity index (χ3v) is 2.82. The number of hydrogen-bond donors (Lipinski definition) is 0. The predicted molar refractivity (Wildman–Crippen MR) is 75.8 cm³/mol. The van der Waals surface area contributed by atoms with Gasteiger partial charge in [-0.05, 0) is 25.7 Å². The zero-order chi connectivity index (χ0) is 11.9. The van der Waals surface area contributed by atoms with Crippen molar-refractivity contribution >= 4 is 0 Å². The van der Waals surface area contributed by atoms with Gasteiger partial charge in [-0.15, -0.1) is 0 Å². The smallest absolute Gasteiger partial charge is 0.0169 e. The van der Waals surface area contributed by atoms with Gasteiger partial charge in [0, 0.05) is 0 Å². The molecular weight excluding hydrogens is 192 g/mol. The maximum absolute atomic E-state index is 2.34. The largest absolute Gasteiger partial charge is 0.0885 e. The highest BCUT2D eigenvalue weighted by molar-refractivity contribution is 4.92. The second kappa shape index (κ2) is 14.5. The minimum Gasteiger partial charge on any atom is -0.0885 e. The van der Waals surface area contributed by atoms with Crippen LogP contribution in [0.2, 0.25) is 0 Å². The summed E-state index contributed by atoms with van der Waals surface area (Å²) in [7, 11) is 0. The Labute approximate surface area is 103 Å². The molecule has 0 atom stereocenters. The number of hydrogen-bond acceptors (Lipinski definition) is 0. The SMILES string of the molecule is CC/C=C\C/C=C\CCCCCCCCC. The van der Waals surface area contributed by atoms with E-state index in [9.17, 15) is 0 Å². The summed E-state index contributed by atoms with van der Waals surface area (Å²) in [6.07, 6.45) is 22.5. The standard InChI is InChI=1S/C16H30/c1-3-5-7-9-11-13-15-16-14-12-10-8-6-4-2/h5,7,11,13H,3-4,6,8-10,12,14-16H2,1-2H3/b7-5-,13-11-. The van der Waals surface area contributed by atoms with E-state index in [1.54, 1.807) is 0 Å². The molecule has 0 heterocycles. The first kappa shape index (κ1) is 15.5. The Morgan fingerprint density at radius 2 is 1.25 bits per heavy atom. The van der Waals surface area contributed by atoms with Crippen LogP contribution in [-0.4, -0.2) is 0 Å². The molecule has 0 nitrogen and oxygen atoms in total. The molecule has 0 bridgehead atoms. The molecule has 0 heteroatoms. The van der Waals surface area contributed by atoms with E-state index in [2.05, 4.69) is 38.2 Å².